The maximum absolute atomic E-state index is 13.1. The molecule has 0 aliphatic carbocycles. The lowest BCUT2D eigenvalue weighted by Crippen LogP contribution is -2.22. The standard InChI is InChI=1S/C11H8BrF6NO3/c1-21-8(20)2-6-9(10(13,14)15)5(3-12)7(4-19-6)22-11(16,17)18/h4H,2-3H2,1H3. The van der Waals surface area contributed by atoms with Crippen LogP contribution in [0.3, 0.4) is 0 Å². The average molecular weight is 396 g/mol. The quantitative estimate of drug-likeness (QED) is 0.444. The molecule has 0 amide bonds. The van der Waals surface area contributed by atoms with Gasteiger partial charge < -0.3 is 9.47 Å². The second-order valence-corrected chi connectivity index (χ2v) is 4.42. The number of halogens is 7. The van der Waals surface area contributed by atoms with Crippen LogP contribution in [0.1, 0.15) is 16.8 Å². The Kier molecular flexibility index (Phi) is 5.65. The zero-order valence-corrected chi connectivity index (χ0v) is 12.4. The number of hydrogen-bond acceptors (Lipinski definition) is 4. The van der Waals surface area contributed by atoms with Crippen molar-refractivity contribution in [3.05, 3.63) is 23.0 Å². The number of nitrogens with zero attached hydrogens (tertiary/aromatic N) is 1. The summed E-state index contributed by atoms with van der Waals surface area (Å²) in [6, 6.07) is 0. The van der Waals surface area contributed by atoms with Crippen molar-refractivity contribution in [2.75, 3.05) is 7.11 Å². The SMILES string of the molecule is COC(=O)Cc1ncc(OC(F)(F)F)c(CBr)c1C(F)(F)F. The number of esters is 1. The summed E-state index contributed by atoms with van der Waals surface area (Å²) in [5, 5.41) is -0.579. The summed E-state index contributed by atoms with van der Waals surface area (Å²) in [5.41, 5.74) is -3.02. The zero-order chi connectivity index (χ0) is 17.1. The lowest BCUT2D eigenvalue weighted by molar-refractivity contribution is -0.275. The van der Waals surface area contributed by atoms with Crippen LogP contribution in [0.4, 0.5) is 26.3 Å². The molecule has 124 valence electrons. The number of rotatable bonds is 4. The first-order chi connectivity index (χ1) is 9.99. The maximum Gasteiger partial charge on any atom is 0.573 e. The Morgan fingerprint density at radius 1 is 1.27 bits per heavy atom. The Labute approximate surface area is 128 Å². The Balaban J connectivity index is 3.47. The molecule has 0 aliphatic rings. The van der Waals surface area contributed by atoms with Crippen LogP contribution in [0.2, 0.25) is 0 Å². The van der Waals surface area contributed by atoms with Crippen LogP contribution >= 0.6 is 15.9 Å². The monoisotopic (exact) mass is 395 g/mol. The van der Waals surface area contributed by atoms with Gasteiger partial charge in [-0.05, 0) is 0 Å². The van der Waals surface area contributed by atoms with Crippen molar-refractivity contribution in [2.45, 2.75) is 24.3 Å². The fourth-order valence-corrected chi connectivity index (χ4v) is 2.16. The van der Waals surface area contributed by atoms with Crippen molar-refractivity contribution in [3.8, 4) is 5.75 Å². The number of aromatic nitrogens is 1. The first-order valence-corrected chi connectivity index (χ1v) is 6.58. The highest BCUT2D eigenvalue weighted by Crippen LogP contribution is 2.40. The van der Waals surface area contributed by atoms with Crippen LogP contribution in [-0.4, -0.2) is 24.4 Å². The summed E-state index contributed by atoms with van der Waals surface area (Å²) < 4.78 is 83.8. The summed E-state index contributed by atoms with van der Waals surface area (Å²) in [7, 11) is 0.960. The van der Waals surface area contributed by atoms with Crippen molar-refractivity contribution < 1.29 is 40.6 Å². The van der Waals surface area contributed by atoms with Crippen molar-refractivity contribution in [3.63, 3.8) is 0 Å². The predicted molar refractivity (Wildman–Crippen MR) is 64.3 cm³/mol. The van der Waals surface area contributed by atoms with Crippen LogP contribution in [-0.2, 0) is 27.5 Å². The number of alkyl halides is 7. The van der Waals surface area contributed by atoms with Gasteiger partial charge in [0.2, 0.25) is 0 Å². The zero-order valence-electron chi connectivity index (χ0n) is 10.8. The lowest BCUT2D eigenvalue weighted by Gasteiger charge is -2.19. The molecule has 0 radical (unpaired) electrons. The molecular formula is C11H8BrF6NO3. The number of methoxy groups -OCH3 is 1. The van der Waals surface area contributed by atoms with E-state index in [9.17, 15) is 31.1 Å². The van der Waals surface area contributed by atoms with Crippen LogP contribution in [0.15, 0.2) is 6.20 Å². The van der Waals surface area contributed by atoms with E-state index >= 15 is 0 Å². The van der Waals surface area contributed by atoms with Crippen LogP contribution < -0.4 is 4.74 Å². The van der Waals surface area contributed by atoms with Gasteiger partial charge in [0.25, 0.3) is 0 Å². The molecule has 0 saturated heterocycles. The van der Waals surface area contributed by atoms with Gasteiger partial charge in [0.1, 0.15) is 0 Å². The molecular weight excluding hydrogens is 388 g/mol. The third-order valence-electron chi connectivity index (χ3n) is 2.41. The minimum absolute atomic E-state index is 0.484. The molecule has 0 N–H and O–H groups in total. The van der Waals surface area contributed by atoms with E-state index in [4.69, 9.17) is 0 Å². The predicted octanol–water partition coefficient (Wildman–Crippen LogP) is 3.61. The second-order valence-electron chi connectivity index (χ2n) is 3.85. The molecule has 4 nitrogen and oxygen atoms in total. The van der Waals surface area contributed by atoms with Gasteiger partial charge in [-0.3, -0.25) is 9.78 Å². The fourth-order valence-electron chi connectivity index (χ4n) is 1.60. The van der Waals surface area contributed by atoms with Crippen molar-refractivity contribution >= 4 is 21.9 Å². The normalized spacial score (nSPS) is 12.2. The molecule has 0 aromatic carbocycles. The highest BCUT2D eigenvalue weighted by molar-refractivity contribution is 9.08. The van der Waals surface area contributed by atoms with Gasteiger partial charge in [0.15, 0.2) is 5.75 Å². The van der Waals surface area contributed by atoms with Gasteiger partial charge in [-0.25, -0.2) is 0 Å². The largest absolute Gasteiger partial charge is 0.573 e. The van der Waals surface area contributed by atoms with E-state index in [1.165, 1.54) is 0 Å². The van der Waals surface area contributed by atoms with E-state index in [0.29, 0.717) is 6.20 Å². The summed E-state index contributed by atoms with van der Waals surface area (Å²) in [5.74, 6) is -2.10. The Morgan fingerprint density at radius 3 is 2.27 bits per heavy atom. The Hall–Kier alpha value is -1.52. The maximum atomic E-state index is 13.1. The molecule has 0 atom stereocenters. The molecule has 0 saturated carbocycles. The molecule has 0 unspecified atom stereocenters. The smallest absolute Gasteiger partial charge is 0.469 e. The molecule has 1 aromatic rings. The Bertz CT molecular complexity index is 558. The molecule has 0 spiro atoms. The Morgan fingerprint density at radius 2 is 1.86 bits per heavy atom. The molecule has 22 heavy (non-hydrogen) atoms. The third kappa shape index (κ3) is 4.75. The van der Waals surface area contributed by atoms with Crippen molar-refractivity contribution in [2.24, 2.45) is 0 Å². The summed E-state index contributed by atoms with van der Waals surface area (Å²) in [6.45, 7) is 0. The fraction of sp³-hybridized carbons (Fsp3) is 0.455. The number of ether oxygens (including phenoxy) is 2. The molecule has 1 rings (SSSR count). The summed E-state index contributed by atoms with van der Waals surface area (Å²) in [4.78, 5) is 14.4. The van der Waals surface area contributed by atoms with Crippen LogP contribution in [0.25, 0.3) is 0 Å². The molecule has 0 aliphatic heterocycles. The van der Waals surface area contributed by atoms with E-state index in [2.05, 4.69) is 30.4 Å². The van der Waals surface area contributed by atoms with Crippen LogP contribution in [0.5, 0.6) is 5.75 Å². The van der Waals surface area contributed by atoms with E-state index < -0.39 is 52.8 Å². The molecule has 1 heterocycles. The average Bonchev–Trinajstić information content (AvgIpc) is 2.36. The minimum Gasteiger partial charge on any atom is -0.469 e. The van der Waals surface area contributed by atoms with Gasteiger partial charge in [0.05, 0.1) is 31.0 Å². The van der Waals surface area contributed by atoms with E-state index in [1.54, 1.807) is 0 Å². The summed E-state index contributed by atoms with van der Waals surface area (Å²) >= 11 is 2.69. The van der Waals surface area contributed by atoms with E-state index in [0.717, 1.165) is 7.11 Å². The van der Waals surface area contributed by atoms with E-state index in [-0.39, 0.29) is 0 Å². The van der Waals surface area contributed by atoms with Gasteiger partial charge in [-0.2, -0.15) is 13.2 Å². The summed E-state index contributed by atoms with van der Waals surface area (Å²) in [6.07, 6.45) is -10.6. The van der Waals surface area contributed by atoms with Gasteiger partial charge >= 0.3 is 18.5 Å². The van der Waals surface area contributed by atoms with E-state index in [1.807, 2.05) is 0 Å². The number of pyridine rings is 1. The molecule has 0 fully saturated rings. The highest BCUT2D eigenvalue weighted by atomic mass is 79.9. The highest BCUT2D eigenvalue weighted by Gasteiger charge is 2.40. The van der Waals surface area contributed by atoms with Crippen LogP contribution in [0, 0.1) is 0 Å². The first kappa shape index (κ1) is 18.5. The molecule has 0 bridgehead atoms. The first-order valence-electron chi connectivity index (χ1n) is 5.46. The lowest BCUT2D eigenvalue weighted by atomic mass is 10.0. The number of carbonyl (C=O) groups excluding carboxylic acids is 1. The number of carbonyl (C=O) groups is 1. The van der Waals surface area contributed by atoms with Gasteiger partial charge in [-0.15, -0.1) is 13.2 Å². The van der Waals surface area contributed by atoms with Gasteiger partial charge in [0, 0.05) is 10.9 Å². The topological polar surface area (TPSA) is 48.4 Å². The number of hydrogen-bond donors (Lipinski definition) is 0. The molecule has 1 aromatic heterocycles. The molecule has 11 heteroatoms. The third-order valence-corrected chi connectivity index (χ3v) is 2.97. The van der Waals surface area contributed by atoms with Crippen molar-refractivity contribution in [1.29, 1.82) is 0 Å². The van der Waals surface area contributed by atoms with Gasteiger partial charge in [-0.1, -0.05) is 15.9 Å². The van der Waals surface area contributed by atoms with Crippen molar-refractivity contribution in [1.82, 2.24) is 4.98 Å². The minimum atomic E-state index is -5.18. The second kappa shape index (κ2) is 6.71.